The van der Waals surface area contributed by atoms with Gasteiger partial charge in [0.15, 0.2) is 0 Å². The van der Waals surface area contributed by atoms with E-state index in [-0.39, 0.29) is 0 Å². The van der Waals surface area contributed by atoms with Crippen molar-refractivity contribution in [2.75, 3.05) is 6.54 Å². The van der Waals surface area contributed by atoms with E-state index in [9.17, 15) is 0 Å². The summed E-state index contributed by atoms with van der Waals surface area (Å²) >= 11 is 0. The summed E-state index contributed by atoms with van der Waals surface area (Å²) in [6, 6.07) is 0. The molecule has 1 rings (SSSR count). The molecule has 0 aromatic carbocycles. The van der Waals surface area contributed by atoms with Gasteiger partial charge in [-0.05, 0) is 37.0 Å². The van der Waals surface area contributed by atoms with Crippen LogP contribution in [0.2, 0.25) is 0 Å². The number of hydrogen-bond donors (Lipinski definition) is 0. The molecule has 0 saturated carbocycles. The fourth-order valence-electron chi connectivity index (χ4n) is 3.78. The Kier molecular flexibility index (Phi) is 10.0. The van der Waals surface area contributed by atoms with Crippen molar-refractivity contribution in [3.63, 3.8) is 0 Å². The molecule has 1 nitrogen and oxygen atoms in total. The van der Waals surface area contributed by atoms with E-state index in [0.29, 0.717) is 5.41 Å². The predicted octanol–water partition coefficient (Wildman–Crippen LogP) is 6.80. The third kappa shape index (κ3) is 7.47. The third-order valence-corrected chi connectivity index (χ3v) is 5.44. The van der Waals surface area contributed by atoms with Crippen molar-refractivity contribution in [1.82, 2.24) is 0 Å². The summed E-state index contributed by atoms with van der Waals surface area (Å²) in [5.41, 5.74) is 0.509. The largest absolute Gasteiger partial charge is 0.297 e. The van der Waals surface area contributed by atoms with E-state index in [1.165, 1.54) is 83.5 Å². The van der Waals surface area contributed by atoms with E-state index in [1.807, 2.05) is 0 Å². The first kappa shape index (κ1) is 18.7. The first-order valence-corrected chi connectivity index (χ1v) is 9.73. The Morgan fingerprint density at radius 2 is 1.52 bits per heavy atom. The topological polar surface area (TPSA) is 12.4 Å². The van der Waals surface area contributed by atoms with Crippen LogP contribution in [0.5, 0.6) is 0 Å². The molecule has 1 aliphatic rings. The van der Waals surface area contributed by atoms with Gasteiger partial charge in [-0.1, -0.05) is 78.6 Å². The number of aliphatic imine (C=N–C) groups is 1. The Bertz CT molecular complexity index is 257. The van der Waals surface area contributed by atoms with Gasteiger partial charge in [-0.15, -0.1) is 0 Å². The quantitative estimate of drug-likeness (QED) is 0.371. The van der Waals surface area contributed by atoms with Crippen LogP contribution in [0, 0.1) is 11.3 Å². The van der Waals surface area contributed by atoms with Gasteiger partial charge in [0.1, 0.15) is 0 Å². The summed E-state index contributed by atoms with van der Waals surface area (Å²) in [4.78, 5) is 4.68. The summed E-state index contributed by atoms with van der Waals surface area (Å²) in [7, 11) is 0. The SMILES string of the molecule is CCCCCCC(C)(CCCCCC)C1C=NCCCC1. The zero-order valence-corrected chi connectivity index (χ0v) is 15.0. The summed E-state index contributed by atoms with van der Waals surface area (Å²) in [6.07, 6.45) is 20.4. The van der Waals surface area contributed by atoms with Gasteiger partial charge in [0.25, 0.3) is 0 Å². The highest BCUT2D eigenvalue weighted by atomic mass is 14.7. The zero-order valence-electron chi connectivity index (χ0n) is 15.0. The normalized spacial score (nSPS) is 19.7. The molecular weight excluding hydrogens is 254 g/mol. The number of rotatable bonds is 11. The molecule has 1 aliphatic heterocycles. The van der Waals surface area contributed by atoms with Gasteiger partial charge < -0.3 is 0 Å². The molecule has 0 aliphatic carbocycles. The number of hydrogen-bond acceptors (Lipinski definition) is 1. The van der Waals surface area contributed by atoms with Crippen LogP contribution < -0.4 is 0 Å². The summed E-state index contributed by atoms with van der Waals surface area (Å²) in [5.74, 6) is 0.739. The van der Waals surface area contributed by atoms with E-state index < -0.39 is 0 Å². The van der Waals surface area contributed by atoms with Crippen LogP contribution in [0.25, 0.3) is 0 Å². The van der Waals surface area contributed by atoms with Crippen LogP contribution in [0.15, 0.2) is 4.99 Å². The maximum atomic E-state index is 4.68. The minimum atomic E-state index is 0.509. The molecular formula is C20H39N. The van der Waals surface area contributed by atoms with Crippen molar-refractivity contribution < 1.29 is 0 Å². The maximum Gasteiger partial charge on any atom is 0.0385 e. The van der Waals surface area contributed by atoms with Gasteiger partial charge in [-0.25, -0.2) is 0 Å². The molecule has 0 N–H and O–H groups in total. The van der Waals surface area contributed by atoms with Gasteiger partial charge >= 0.3 is 0 Å². The molecule has 0 spiro atoms. The smallest absolute Gasteiger partial charge is 0.0385 e. The lowest BCUT2D eigenvalue weighted by Crippen LogP contribution is -2.28. The van der Waals surface area contributed by atoms with Crippen LogP contribution in [0.4, 0.5) is 0 Å². The average Bonchev–Trinajstić information content (AvgIpc) is 2.78. The van der Waals surface area contributed by atoms with Gasteiger partial charge in [-0.2, -0.15) is 0 Å². The highest BCUT2D eigenvalue weighted by Crippen LogP contribution is 2.41. The molecule has 1 unspecified atom stereocenters. The van der Waals surface area contributed by atoms with Crippen molar-refractivity contribution in [3.8, 4) is 0 Å². The summed E-state index contributed by atoms with van der Waals surface area (Å²) < 4.78 is 0. The second-order valence-corrected chi connectivity index (χ2v) is 7.43. The van der Waals surface area contributed by atoms with Crippen molar-refractivity contribution in [2.45, 2.75) is 104 Å². The Balaban J connectivity index is 2.53. The van der Waals surface area contributed by atoms with E-state index in [4.69, 9.17) is 0 Å². The fraction of sp³-hybridized carbons (Fsp3) is 0.950. The van der Waals surface area contributed by atoms with Crippen LogP contribution in [0.3, 0.4) is 0 Å². The summed E-state index contributed by atoms with van der Waals surface area (Å²) in [6.45, 7) is 8.24. The lowest BCUT2D eigenvalue weighted by Gasteiger charge is -2.36. The Morgan fingerprint density at radius 3 is 2.10 bits per heavy atom. The van der Waals surface area contributed by atoms with Gasteiger partial charge in [0.2, 0.25) is 0 Å². The van der Waals surface area contributed by atoms with E-state index >= 15 is 0 Å². The highest BCUT2D eigenvalue weighted by molar-refractivity contribution is 5.62. The second kappa shape index (κ2) is 11.3. The fourth-order valence-corrected chi connectivity index (χ4v) is 3.78. The first-order valence-electron chi connectivity index (χ1n) is 9.73. The Labute approximate surface area is 134 Å². The molecule has 0 saturated heterocycles. The third-order valence-electron chi connectivity index (χ3n) is 5.44. The lowest BCUT2D eigenvalue weighted by atomic mass is 9.69. The second-order valence-electron chi connectivity index (χ2n) is 7.43. The van der Waals surface area contributed by atoms with Gasteiger partial charge in [0.05, 0.1) is 0 Å². The van der Waals surface area contributed by atoms with Crippen molar-refractivity contribution >= 4 is 6.21 Å². The molecule has 21 heavy (non-hydrogen) atoms. The molecule has 0 bridgehead atoms. The monoisotopic (exact) mass is 293 g/mol. The molecule has 1 atom stereocenters. The minimum absolute atomic E-state index is 0.509. The molecule has 0 fully saturated rings. The molecule has 1 heteroatoms. The Hall–Kier alpha value is -0.330. The molecule has 124 valence electrons. The number of nitrogens with zero attached hydrogens (tertiary/aromatic N) is 1. The molecule has 0 aromatic heterocycles. The van der Waals surface area contributed by atoms with Crippen LogP contribution in [-0.2, 0) is 0 Å². The molecule has 1 heterocycles. The molecule has 0 radical (unpaired) electrons. The van der Waals surface area contributed by atoms with Crippen molar-refractivity contribution in [1.29, 1.82) is 0 Å². The van der Waals surface area contributed by atoms with Crippen molar-refractivity contribution in [2.24, 2.45) is 16.3 Å². The molecule has 0 aromatic rings. The summed E-state index contributed by atoms with van der Waals surface area (Å²) in [5, 5.41) is 0. The minimum Gasteiger partial charge on any atom is -0.297 e. The maximum absolute atomic E-state index is 4.68. The molecule has 0 amide bonds. The zero-order chi connectivity index (χ0) is 15.4. The average molecular weight is 294 g/mol. The van der Waals surface area contributed by atoms with Gasteiger partial charge in [-0.3, -0.25) is 4.99 Å². The number of unbranched alkanes of at least 4 members (excludes halogenated alkanes) is 6. The highest BCUT2D eigenvalue weighted by Gasteiger charge is 2.32. The van der Waals surface area contributed by atoms with E-state index in [0.717, 1.165) is 12.5 Å². The lowest BCUT2D eigenvalue weighted by molar-refractivity contribution is 0.183. The van der Waals surface area contributed by atoms with Gasteiger partial charge in [0, 0.05) is 12.8 Å². The van der Waals surface area contributed by atoms with Crippen LogP contribution in [0.1, 0.15) is 104 Å². The van der Waals surface area contributed by atoms with Crippen LogP contribution >= 0.6 is 0 Å². The van der Waals surface area contributed by atoms with Crippen molar-refractivity contribution in [3.05, 3.63) is 0 Å². The Morgan fingerprint density at radius 1 is 0.905 bits per heavy atom. The first-order chi connectivity index (χ1) is 10.2. The predicted molar refractivity (Wildman–Crippen MR) is 96.3 cm³/mol. The van der Waals surface area contributed by atoms with Crippen LogP contribution in [-0.4, -0.2) is 12.8 Å². The van der Waals surface area contributed by atoms with E-state index in [1.54, 1.807) is 0 Å². The van der Waals surface area contributed by atoms with E-state index in [2.05, 4.69) is 32.0 Å². The standard InChI is InChI=1S/C20H39N/c1-4-6-8-11-15-20(3,16-12-9-7-5-2)19-14-10-13-17-21-18-19/h18-19H,4-17H2,1-3H3.